The summed E-state index contributed by atoms with van der Waals surface area (Å²) in [4.78, 5) is 6.47. The maximum atomic E-state index is 13.8. The number of ether oxygens (including phenoxy) is 3. The van der Waals surface area contributed by atoms with Crippen LogP contribution < -0.4 is 14.4 Å². The molecule has 2 aliphatic rings. The van der Waals surface area contributed by atoms with Crippen molar-refractivity contribution in [3.8, 4) is 23.0 Å². The number of aryl methyl sites for hydroxylation is 1. The summed E-state index contributed by atoms with van der Waals surface area (Å²) in [6.45, 7) is 7.66. The van der Waals surface area contributed by atoms with E-state index in [0.717, 1.165) is 5.56 Å². The molecular formula is C24H26N2O6S. The van der Waals surface area contributed by atoms with Gasteiger partial charge in [-0.3, -0.25) is 0 Å². The summed E-state index contributed by atoms with van der Waals surface area (Å²) in [6.07, 6.45) is -0.155. The van der Waals surface area contributed by atoms with E-state index in [9.17, 15) is 8.42 Å². The zero-order valence-electron chi connectivity index (χ0n) is 18.8. The molecule has 2 aliphatic heterocycles. The second kappa shape index (κ2) is 8.39. The van der Waals surface area contributed by atoms with Gasteiger partial charge in [0.05, 0.1) is 17.1 Å². The first-order chi connectivity index (χ1) is 15.8. The van der Waals surface area contributed by atoms with Crippen LogP contribution in [0.25, 0.3) is 11.5 Å². The molecule has 0 amide bonds. The monoisotopic (exact) mass is 470 g/mol. The normalized spacial score (nSPS) is 20.6. The molecule has 33 heavy (non-hydrogen) atoms. The van der Waals surface area contributed by atoms with E-state index in [2.05, 4.69) is 4.98 Å². The van der Waals surface area contributed by atoms with Crippen molar-refractivity contribution in [2.75, 3.05) is 31.2 Å². The molecular weight excluding hydrogens is 444 g/mol. The van der Waals surface area contributed by atoms with Gasteiger partial charge in [-0.25, -0.2) is 8.42 Å². The predicted molar refractivity (Wildman–Crippen MR) is 122 cm³/mol. The lowest BCUT2D eigenvalue weighted by molar-refractivity contribution is -0.00657. The fraction of sp³-hybridized carbons (Fsp3) is 0.375. The van der Waals surface area contributed by atoms with E-state index in [1.165, 1.54) is 12.1 Å². The van der Waals surface area contributed by atoms with Crippen LogP contribution in [-0.4, -0.2) is 51.9 Å². The fourth-order valence-electron chi connectivity index (χ4n) is 4.22. The van der Waals surface area contributed by atoms with Gasteiger partial charge in [-0.05, 0) is 45.0 Å². The standard InChI is InChI=1S/C24H26N2O6S/c1-15-5-4-6-18(11-15)22-25-23(24(32-22)26-13-16(2)31-17(3)14-26)33(27,28)19-7-8-20-21(12-19)30-10-9-29-20/h4-8,11-12,16-17H,9-10,13-14H2,1-3H3. The molecule has 0 spiro atoms. The second-order valence-electron chi connectivity index (χ2n) is 8.47. The zero-order valence-corrected chi connectivity index (χ0v) is 19.6. The van der Waals surface area contributed by atoms with Gasteiger partial charge in [-0.2, -0.15) is 4.98 Å². The summed E-state index contributed by atoms with van der Waals surface area (Å²) >= 11 is 0. The van der Waals surface area contributed by atoms with E-state index < -0.39 is 9.84 Å². The number of hydrogen-bond donors (Lipinski definition) is 0. The summed E-state index contributed by atoms with van der Waals surface area (Å²) in [6, 6.07) is 12.2. The minimum Gasteiger partial charge on any atom is -0.486 e. The van der Waals surface area contributed by atoms with Gasteiger partial charge in [-0.1, -0.05) is 17.7 Å². The minimum absolute atomic E-state index is 0.0754. The van der Waals surface area contributed by atoms with Crippen molar-refractivity contribution in [3.63, 3.8) is 0 Å². The fourth-order valence-corrected chi connectivity index (χ4v) is 5.56. The quantitative estimate of drug-likeness (QED) is 0.568. The van der Waals surface area contributed by atoms with Crippen LogP contribution in [0, 0.1) is 6.92 Å². The highest BCUT2D eigenvalue weighted by atomic mass is 32.2. The van der Waals surface area contributed by atoms with Gasteiger partial charge in [0.25, 0.3) is 0 Å². The molecule has 174 valence electrons. The van der Waals surface area contributed by atoms with Gasteiger partial charge in [0, 0.05) is 24.7 Å². The van der Waals surface area contributed by atoms with Gasteiger partial charge in [-0.15, -0.1) is 0 Å². The van der Waals surface area contributed by atoms with E-state index in [1.54, 1.807) is 6.07 Å². The van der Waals surface area contributed by atoms with E-state index in [0.29, 0.717) is 43.4 Å². The largest absolute Gasteiger partial charge is 0.486 e. The van der Waals surface area contributed by atoms with Crippen LogP contribution in [-0.2, 0) is 14.6 Å². The van der Waals surface area contributed by atoms with Crippen LogP contribution in [0.4, 0.5) is 5.88 Å². The second-order valence-corrected chi connectivity index (χ2v) is 10.3. The molecule has 9 heteroatoms. The van der Waals surface area contributed by atoms with Crippen molar-refractivity contribution < 1.29 is 27.0 Å². The van der Waals surface area contributed by atoms with Gasteiger partial charge < -0.3 is 23.5 Å². The third kappa shape index (κ3) is 4.18. The van der Waals surface area contributed by atoms with Crippen LogP contribution in [0.5, 0.6) is 11.5 Å². The van der Waals surface area contributed by atoms with Crippen LogP contribution in [0.2, 0.25) is 0 Å². The number of nitrogens with zero attached hydrogens (tertiary/aromatic N) is 2. The van der Waals surface area contributed by atoms with Crippen molar-refractivity contribution >= 4 is 15.7 Å². The van der Waals surface area contributed by atoms with Crippen molar-refractivity contribution in [1.29, 1.82) is 0 Å². The minimum atomic E-state index is -4.01. The molecule has 2 aromatic carbocycles. The molecule has 1 saturated heterocycles. The average molecular weight is 471 g/mol. The van der Waals surface area contributed by atoms with Gasteiger partial charge >= 0.3 is 0 Å². The highest BCUT2D eigenvalue weighted by molar-refractivity contribution is 7.91. The highest BCUT2D eigenvalue weighted by Crippen LogP contribution is 2.39. The number of aromatic nitrogens is 1. The zero-order chi connectivity index (χ0) is 23.2. The van der Waals surface area contributed by atoms with Crippen LogP contribution >= 0.6 is 0 Å². The molecule has 2 atom stereocenters. The Labute approximate surface area is 193 Å². The van der Waals surface area contributed by atoms with Gasteiger partial charge in [0.15, 0.2) is 11.5 Å². The van der Waals surface area contributed by atoms with Crippen molar-refractivity contribution in [1.82, 2.24) is 4.98 Å². The van der Waals surface area contributed by atoms with Crippen molar-refractivity contribution in [3.05, 3.63) is 48.0 Å². The first kappa shape index (κ1) is 21.8. The van der Waals surface area contributed by atoms with Crippen molar-refractivity contribution in [2.45, 2.75) is 42.9 Å². The Hall–Kier alpha value is -3.04. The lowest BCUT2D eigenvalue weighted by Gasteiger charge is -2.35. The summed E-state index contributed by atoms with van der Waals surface area (Å²) in [7, 11) is -4.01. The number of oxazole rings is 1. The van der Waals surface area contributed by atoms with E-state index in [1.807, 2.05) is 49.9 Å². The summed E-state index contributed by atoms with van der Waals surface area (Å²) in [5, 5.41) is -0.114. The Balaban J connectivity index is 1.63. The van der Waals surface area contributed by atoms with Crippen LogP contribution in [0.1, 0.15) is 19.4 Å². The van der Waals surface area contributed by atoms with E-state index in [4.69, 9.17) is 18.6 Å². The lowest BCUT2D eigenvalue weighted by Crippen LogP contribution is -2.45. The first-order valence-corrected chi connectivity index (χ1v) is 12.4. The topological polar surface area (TPSA) is 91.1 Å². The number of rotatable bonds is 4. The molecule has 8 nitrogen and oxygen atoms in total. The number of anilines is 1. The summed E-state index contributed by atoms with van der Waals surface area (Å²) in [5.41, 5.74) is 1.74. The third-order valence-electron chi connectivity index (χ3n) is 5.63. The Kier molecular flexibility index (Phi) is 5.54. The Morgan fingerprint density at radius 1 is 0.970 bits per heavy atom. The molecule has 3 aromatic rings. The lowest BCUT2D eigenvalue weighted by atomic mass is 10.1. The predicted octanol–water partition coefficient (Wildman–Crippen LogP) is 3.87. The molecule has 5 rings (SSSR count). The Morgan fingerprint density at radius 2 is 1.70 bits per heavy atom. The first-order valence-electron chi connectivity index (χ1n) is 10.9. The van der Waals surface area contributed by atoms with Gasteiger partial charge in [0.1, 0.15) is 13.2 Å². The number of fused-ring (bicyclic) bond motifs is 1. The number of benzene rings is 2. The van der Waals surface area contributed by atoms with Crippen LogP contribution in [0.3, 0.4) is 0 Å². The third-order valence-corrected chi connectivity index (χ3v) is 7.28. The van der Waals surface area contributed by atoms with E-state index in [-0.39, 0.29) is 33.9 Å². The molecule has 3 heterocycles. The molecule has 0 bridgehead atoms. The molecule has 0 radical (unpaired) electrons. The molecule has 2 unspecified atom stereocenters. The smallest absolute Gasteiger partial charge is 0.236 e. The van der Waals surface area contributed by atoms with E-state index >= 15 is 0 Å². The summed E-state index contributed by atoms with van der Waals surface area (Å²) in [5.74, 6) is 1.41. The molecule has 0 N–H and O–H groups in total. The average Bonchev–Trinajstić information content (AvgIpc) is 3.25. The maximum absolute atomic E-state index is 13.8. The number of morpholine rings is 1. The molecule has 1 aromatic heterocycles. The highest BCUT2D eigenvalue weighted by Gasteiger charge is 2.35. The number of sulfone groups is 1. The van der Waals surface area contributed by atoms with Crippen LogP contribution in [0.15, 0.2) is 56.8 Å². The van der Waals surface area contributed by atoms with Crippen molar-refractivity contribution in [2.24, 2.45) is 0 Å². The SMILES string of the molecule is Cc1cccc(-c2nc(S(=O)(=O)c3ccc4c(c3)OCCO4)c(N3CC(C)OC(C)C3)o2)c1. The number of hydrogen-bond acceptors (Lipinski definition) is 8. The Morgan fingerprint density at radius 3 is 2.42 bits per heavy atom. The Bertz CT molecular complexity index is 1280. The van der Waals surface area contributed by atoms with Gasteiger partial charge in [0.2, 0.25) is 26.6 Å². The summed E-state index contributed by atoms with van der Waals surface area (Å²) < 4.78 is 50.7. The maximum Gasteiger partial charge on any atom is 0.236 e. The molecule has 0 aliphatic carbocycles. The molecule has 0 saturated carbocycles. The molecule has 1 fully saturated rings.